The highest BCUT2D eigenvalue weighted by atomic mass is 19.4. The van der Waals surface area contributed by atoms with E-state index in [1.165, 1.54) is 11.7 Å². The highest BCUT2D eigenvalue weighted by Crippen LogP contribution is 2.36. The maximum Gasteiger partial charge on any atom is 0.416 e. The summed E-state index contributed by atoms with van der Waals surface area (Å²) in [7, 11) is 3.16. The summed E-state index contributed by atoms with van der Waals surface area (Å²) in [6, 6.07) is 3.20. The lowest BCUT2D eigenvalue weighted by molar-refractivity contribution is -0.138. The van der Waals surface area contributed by atoms with E-state index in [-0.39, 0.29) is 5.56 Å². The Hall–Kier alpha value is -1.89. The van der Waals surface area contributed by atoms with Gasteiger partial charge in [-0.15, -0.1) is 0 Å². The van der Waals surface area contributed by atoms with Crippen molar-refractivity contribution in [3.8, 4) is 0 Å². The predicted octanol–water partition coefficient (Wildman–Crippen LogP) is 2.89. The molecule has 7 heteroatoms. The van der Waals surface area contributed by atoms with E-state index in [2.05, 4.69) is 10.4 Å². The molecule has 0 saturated heterocycles. The van der Waals surface area contributed by atoms with Crippen LogP contribution in [0.5, 0.6) is 0 Å². The lowest BCUT2D eigenvalue weighted by Gasteiger charge is -2.20. The van der Waals surface area contributed by atoms with Crippen LogP contribution in [0.3, 0.4) is 0 Å². The second-order valence-corrected chi connectivity index (χ2v) is 4.37. The van der Waals surface area contributed by atoms with Gasteiger partial charge in [-0.25, -0.2) is 4.39 Å². The monoisotopic (exact) mass is 287 g/mol. The first-order chi connectivity index (χ1) is 9.32. The molecule has 0 amide bonds. The zero-order valence-corrected chi connectivity index (χ0v) is 10.9. The molecule has 20 heavy (non-hydrogen) atoms. The minimum atomic E-state index is -4.55. The van der Waals surface area contributed by atoms with Gasteiger partial charge in [-0.05, 0) is 36.9 Å². The van der Waals surface area contributed by atoms with Crippen molar-refractivity contribution in [2.75, 3.05) is 7.05 Å². The van der Waals surface area contributed by atoms with E-state index in [1.807, 2.05) is 0 Å². The summed E-state index contributed by atoms with van der Waals surface area (Å²) < 4.78 is 53.9. The van der Waals surface area contributed by atoms with Gasteiger partial charge in [-0.2, -0.15) is 18.3 Å². The van der Waals surface area contributed by atoms with Crippen LogP contribution in [0.4, 0.5) is 17.6 Å². The minimum absolute atomic E-state index is 0.182. The van der Waals surface area contributed by atoms with E-state index in [4.69, 9.17) is 0 Å². The minimum Gasteiger partial charge on any atom is -0.308 e. The van der Waals surface area contributed by atoms with Crippen molar-refractivity contribution < 1.29 is 17.6 Å². The molecule has 1 atom stereocenters. The van der Waals surface area contributed by atoms with E-state index >= 15 is 0 Å². The van der Waals surface area contributed by atoms with Crippen LogP contribution >= 0.6 is 0 Å². The topological polar surface area (TPSA) is 29.9 Å². The van der Waals surface area contributed by atoms with Gasteiger partial charge in [0.25, 0.3) is 0 Å². The SMILES string of the molecule is CNC(c1ccn(C)n1)c1cc(F)ccc1C(F)(F)F. The van der Waals surface area contributed by atoms with Gasteiger partial charge in [0.05, 0.1) is 17.3 Å². The summed E-state index contributed by atoms with van der Waals surface area (Å²) in [5.41, 5.74) is -0.659. The standard InChI is InChI=1S/C13H13F4N3/c1-18-12(11-5-6-20(2)19-11)9-7-8(14)3-4-10(9)13(15,16)17/h3-7,12,18H,1-2H3. The van der Waals surface area contributed by atoms with Gasteiger partial charge in [0.15, 0.2) is 0 Å². The maximum absolute atomic E-state index is 13.3. The third-order valence-electron chi connectivity index (χ3n) is 2.95. The van der Waals surface area contributed by atoms with Gasteiger partial charge in [0.1, 0.15) is 5.82 Å². The molecule has 108 valence electrons. The van der Waals surface area contributed by atoms with Gasteiger partial charge < -0.3 is 5.32 Å². The number of alkyl halides is 3. The van der Waals surface area contributed by atoms with Crippen LogP contribution < -0.4 is 5.32 Å². The lowest BCUT2D eigenvalue weighted by atomic mass is 9.97. The lowest BCUT2D eigenvalue weighted by Crippen LogP contribution is -2.22. The predicted molar refractivity (Wildman–Crippen MR) is 65.5 cm³/mol. The van der Waals surface area contributed by atoms with Crippen molar-refractivity contribution in [2.45, 2.75) is 12.2 Å². The van der Waals surface area contributed by atoms with Gasteiger partial charge in [0.2, 0.25) is 0 Å². The molecule has 2 rings (SSSR count). The van der Waals surface area contributed by atoms with E-state index in [1.54, 1.807) is 19.3 Å². The van der Waals surface area contributed by atoms with Crippen LogP contribution in [0, 0.1) is 5.82 Å². The van der Waals surface area contributed by atoms with Crippen molar-refractivity contribution in [1.82, 2.24) is 15.1 Å². The number of aromatic nitrogens is 2. The van der Waals surface area contributed by atoms with Crippen molar-refractivity contribution >= 4 is 0 Å². The molecule has 2 aromatic rings. The first kappa shape index (κ1) is 14.5. The largest absolute Gasteiger partial charge is 0.416 e. The summed E-state index contributed by atoms with van der Waals surface area (Å²) in [4.78, 5) is 0. The average Bonchev–Trinajstić information content (AvgIpc) is 2.75. The van der Waals surface area contributed by atoms with Crippen molar-refractivity contribution in [1.29, 1.82) is 0 Å². The molecule has 0 spiro atoms. The van der Waals surface area contributed by atoms with Gasteiger partial charge in [-0.1, -0.05) is 0 Å². The first-order valence-electron chi connectivity index (χ1n) is 5.86. The number of nitrogens with zero attached hydrogens (tertiary/aromatic N) is 2. The Labute approximate surface area is 113 Å². The van der Waals surface area contributed by atoms with Crippen LogP contribution in [-0.2, 0) is 13.2 Å². The van der Waals surface area contributed by atoms with Crippen LogP contribution in [0.2, 0.25) is 0 Å². The summed E-state index contributed by atoms with van der Waals surface area (Å²) >= 11 is 0. The van der Waals surface area contributed by atoms with E-state index in [0.717, 1.165) is 18.2 Å². The summed E-state index contributed by atoms with van der Waals surface area (Å²) in [5.74, 6) is -0.718. The molecule has 1 heterocycles. The third-order valence-corrected chi connectivity index (χ3v) is 2.95. The molecular weight excluding hydrogens is 274 g/mol. The second kappa shape index (κ2) is 5.24. The number of benzene rings is 1. The fourth-order valence-electron chi connectivity index (χ4n) is 2.08. The number of halogens is 4. The van der Waals surface area contributed by atoms with Crippen LogP contribution in [-0.4, -0.2) is 16.8 Å². The molecule has 0 bridgehead atoms. The molecule has 0 aliphatic carbocycles. The molecule has 1 unspecified atom stereocenters. The fourth-order valence-corrected chi connectivity index (χ4v) is 2.08. The van der Waals surface area contributed by atoms with Crippen LogP contribution in [0.25, 0.3) is 0 Å². The summed E-state index contributed by atoms with van der Waals surface area (Å²) in [6.45, 7) is 0. The van der Waals surface area contributed by atoms with E-state index < -0.39 is 23.6 Å². The molecule has 0 radical (unpaired) electrons. The molecular formula is C13H13F4N3. The highest BCUT2D eigenvalue weighted by Gasteiger charge is 2.36. The summed E-state index contributed by atoms with van der Waals surface area (Å²) in [6.07, 6.45) is -2.93. The quantitative estimate of drug-likeness (QED) is 0.880. The van der Waals surface area contributed by atoms with Crippen molar-refractivity contribution in [3.63, 3.8) is 0 Å². The molecule has 0 aliphatic rings. The first-order valence-corrected chi connectivity index (χ1v) is 5.86. The molecule has 1 aromatic carbocycles. The van der Waals surface area contributed by atoms with Gasteiger partial charge in [-0.3, -0.25) is 4.68 Å². The number of nitrogens with one attached hydrogen (secondary N) is 1. The van der Waals surface area contributed by atoms with Crippen molar-refractivity contribution in [3.05, 3.63) is 53.1 Å². The van der Waals surface area contributed by atoms with Gasteiger partial charge in [0, 0.05) is 13.2 Å². The van der Waals surface area contributed by atoms with E-state index in [9.17, 15) is 17.6 Å². The maximum atomic E-state index is 13.3. The normalized spacial score (nSPS) is 13.5. The highest BCUT2D eigenvalue weighted by molar-refractivity contribution is 5.37. The Morgan fingerprint density at radius 2 is 1.95 bits per heavy atom. The third kappa shape index (κ3) is 2.82. The van der Waals surface area contributed by atoms with Gasteiger partial charge >= 0.3 is 6.18 Å². The second-order valence-electron chi connectivity index (χ2n) is 4.37. The summed E-state index contributed by atoms with van der Waals surface area (Å²) in [5, 5.41) is 6.82. The van der Waals surface area contributed by atoms with Crippen LogP contribution in [0.1, 0.15) is 22.9 Å². The fraction of sp³-hybridized carbons (Fsp3) is 0.308. The molecule has 0 saturated carbocycles. The molecule has 0 aliphatic heterocycles. The van der Waals surface area contributed by atoms with Crippen LogP contribution in [0.15, 0.2) is 30.5 Å². The Morgan fingerprint density at radius 1 is 1.25 bits per heavy atom. The smallest absolute Gasteiger partial charge is 0.308 e. The molecule has 3 nitrogen and oxygen atoms in total. The Bertz CT molecular complexity index is 604. The number of hydrogen-bond acceptors (Lipinski definition) is 2. The molecule has 0 fully saturated rings. The number of hydrogen-bond donors (Lipinski definition) is 1. The zero-order valence-electron chi connectivity index (χ0n) is 10.9. The van der Waals surface area contributed by atoms with E-state index in [0.29, 0.717) is 5.69 Å². The zero-order chi connectivity index (χ0) is 14.9. The van der Waals surface area contributed by atoms with Crippen molar-refractivity contribution in [2.24, 2.45) is 7.05 Å². The average molecular weight is 287 g/mol. The Kier molecular flexibility index (Phi) is 3.80. The molecule has 1 N–H and O–H groups in total. The molecule has 1 aromatic heterocycles. The number of rotatable bonds is 3. The Balaban J connectivity index is 2.56. The number of aryl methyl sites for hydroxylation is 1. The Morgan fingerprint density at radius 3 is 2.45 bits per heavy atom.